The lowest BCUT2D eigenvalue weighted by Gasteiger charge is -2.37. The molecule has 0 saturated carbocycles. The van der Waals surface area contributed by atoms with E-state index in [0.717, 1.165) is 81.6 Å². The second kappa shape index (κ2) is 10.8. The number of carbonyl (C=O) groups excluding carboxylic acids is 1. The number of aromatic nitrogens is 1. The van der Waals surface area contributed by atoms with Crippen molar-refractivity contribution in [3.05, 3.63) is 17.0 Å². The minimum absolute atomic E-state index is 0.258. The molecule has 0 bridgehead atoms. The first-order valence-electron chi connectivity index (χ1n) is 11.5. The van der Waals surface area contributed by atoms with Crippen LogP contribution in [0.4, 0.5) is 0 Å². The van der Waals surface area contributed by atoms with Gasteiger partial charge in [0.1, 0.15) is 5.76 Å². The van der Waals surface area contributed by atoms with Gasteiger partial charge < -0.3 is 19.6 Å². The fraction of sp³-hybridized carbons (Fsp3) is 0.773. The molecule has 1 N–H and O–H groups in total. The van der Waals surface area contributed by atoms with E-state index in [4.69, 9.17) is 9.52 Å². The van der Waals surface area contributed by atoms with E-state index in [2.05, 4.69) is 34.1 Å². The first kappa shape index (κ1) is 22.6. The van der Waals surface area contributed by atoms with E-state index in [0.29, 0.717) is 13.1 Å². The van der Waals surface area contributed by atoms with E-state index in [9.17, 15) is 4.79 Å². The zero-order chi connectivity index (χ0) is 21.5. The minimum Gasteiger partial charge on any atom is -0.361 e. The molecule has 2 aliphatic rings. The number of hydrogen-bond donors (Lipinski definition) is 1. The van der Waals surface area contributed by atoms with Crippen molar-refractivity contribution in [3.8, 4) is 0 Å². The van der Waals surface area contributed by atoms with Gasteiger partial charge in [-0.05, 0) is 40.0 Å². The molecule has 30 heavy (non-hydrogen) atoms. The number of nitrogens with zero attached hydrogens (tertiary/aromatic N) is 5. The number of aryl methyl sites for hydroxylation is 2. The van der Waals surface area contributed by atoms with Crippen molar-refractivity contribution < 1.29 is 9.32 Å². The number of guanidine groups is 1. The van der Waals surface area contributed by atoms with Gasteiger partial charge in [-0.15, -0.1) is 0 Å². The second-order valence-electron chi connectivity index (χ2n) is 8.54. The highest BCUT2D eigenvalue weighted by Crippen LogP contribution is 2.23. The number of carbonyl (C=O) groups is 1. The maximum Gasteiger partial charge on any atom is 0.236 e. The molecular weight excluding hydrogens is 380 g/mol. The van der Waals surface area contributed by atoms with Crippen molar-refractivity contribution >= 4 is 11.9 Å². The minimum atomic E-state index is 0.258. The van der Waals surface area contributed by atoms with Crippen molar-refractivity contribution in [2.45, 2.75) is 52.9 Å². The van der Waals surface area contributed by atoms with Crippen LogP contribution in [0.5, 0.6) is 0 Å². The third-order valence-corrected chi connectivity index (χ3v) is 6.17. The van der Waals surface area contributed by atoms with Gasteiger partial charge in [0.25, 0.3) is 0 Å². The van der Waals surface area contributed by atoms with Crippen LogP contribution in [0.15, 0.2) is 9.52 Å². The summed E-state index contributed by atoms with van der Waals surface area (Å²) in [5.74, 6) is 2.38. The number of piperidine rings is 1. The molecule has 1 aromatic rings. The van der Waals surface area contributed by atoms with Crippen LogP contribution in [0.2, 0.25) is 0 Å². The van der Waals surface area contributed by atoms with Crippen LogP contribution >= 0.6 is 0 Å². The molecule has 168 valence electrons. The molecule has 0 aromatic carbocycles. The summed E-state index contributed by atoms with van der Waals surface area (Å²) < 4.78 is 5.31. The van der Waals surface area contributed by atoms with Crippen molar-refractivity contribution in [1.29, 1.82) is 0 Å². The average Bonchev–Trinajstić information content (AvgIpc) is 3.10. The van der Waals surface area contributed by atoms with Crippen LogP contribution in [0, 0.1) is 13.8 Å². The van der Waals surface area contributed by atoms with Crippen molar-refractivity contribution in [2.24, 2.45) is 4.99 Å². The Bertz CT molecular complexity index is 698. The standard InChI is InChI=1S/C22H38N6O2/c1-5-23-22(24-15-17(2)21-18(3)25-30-19(21)4)28-13-11-26(12-14-28)16-20(29)27-9-7-6-8-10-27/h17H,5-16H2,1-4H3,(H,23,24). The number of rotatable bonds is 6. The summed E-state index contributed by atoms with van der Waals surface area (Å²) in [6.45, 7) is 15.7. The van der Waals surface area contributed by atoms with Crippen LogP contribution in [-0.2, 0) is 4.79 Å². The Morgan fingerprint density at radius 3 is 2.40 bits per heavy atom. The molecule has 0 spiro atoms. The van der Waals surface area contributed by atoms with Gasteiger partial charge in [-0.3, -0.25) is 14.7 Å². The topological polar surface area (TPSA) is 77.2 Å². The molecule has 1 aromatic heterocycles. The number of hydrogen-bond acceptors (Lipinski definition) is 5. The van der Waals surface area contributed by atoms with Crippen molar-refractivity contribution in [1.82, 2.24) is 25.2 Å². The molecule has 8 nitrogen and oxygen atoms in total. The second-order valence-corrected chi connectivity index (χ2v) is 8.54. The van der Waals surface area contributed by atoms with E-state index >= 15 is 0 Å². The Balaban J connectivity index is 1.52. The van der Waals surface area contributed by atoms with Gasteiger partial charge in [0.15, 0.2) is 5.96 Å². The number of piperazine rings is 1. The molecule has 1 atom stereocenters. The van der Waals surface area contributed by atoms with Crippen LogP contribution in [0.3, 0.4) is 0 Å². The normalized spacial score (nSPS) is 19.8. The summed E-state index contributed by atoms with van der Waals surface area (Å²) in [4.78, 5) is 24.1. The van der Waals surface area contributed by atoms with E-state index < -0.39 is 0 Å². The fourth-order valence-corrected chi connectivity index (χ4v) is 4.49. The third-order valence-electron chi connectivity index (χ3n) is 6.17. The van der Waals surface area contributed by atoms with Crippen LogP contribution < -0.4 is 5.32 Å². The quantitative estimate of drug-likeness (QED) is 0.562. The Hall–Kier alpha value is -2.09. The molecule has 1 unspecified atom stereocenters. The summed E-state index contributed by atoms with van der Waals surface area (Å²) in [6.07, 6.45) is 3.55. The lowest BCUT2D eigenvalue weighted by Crippen LogP contribution is -2.54. The first-order valence-corrected chi connectivity index (χ1v) is 11.5. The van der Waals surface area contributed by atoms with Gasteiger partial charge in [0, 0.05) is 63.8 Å². The lowest BCUT2D eigenvalue weighted by atomic mass is 10.00. The van der Waals surface area contributed by atoms with Gasteiger partial charge in [0.05, 0.1) is 12.2 Å². The Labute approximate surface area is 180 Å². The van der Waals surface area contributed by atoms with Crippen LogP contribution in [-0.4, -0.2) is 90.6 Å². The highest BCUT2D eigenvalue weighted by Gasteiger charge is 2.24. The Morgan fingerprint density at radius 1 is 1.10 bits per heavy atom. The zero-order valence-corrected chi connectivity index (χ0v) is 19.1. The van der Waals surface area contributed by atoms with Gasteiger partial charge in [0.2, 0.25) is 5.91 Å². The first-order chi connectivity index (χ1) is 14.5. The molecule has 2 aliphatic heterocycles. The van der Waals surface area contributed by atoms with E-state index in [-0.39, 0.29) is 11.8 Å². The molecule has 3 rings (SSSR count). The van der Waals surface area contributed by atoms with Gasteiger partial charge in [-0.2, -0.15) is 0 Å². The van der Waals surface area contributed by atoms with Crippen molar-refractivity contribution in [2.75, 3.05) is 58.9 Å². The fourth-order valence-electron chi connectivity index (χ4n) is 4.49. The summed E-state index contributed by atoms with van der Waals surface area (Å²) in [5, 5.41) is 7.50. The van der Waals surface area contributed by atoms with E-state index in [1.165, 1.54) is 6.42 Å². The summed E-state index contributed by atoms with van der Waals surface area (Å²) in [7, 11) is 0. The lowest BCUT2D eigenvalue weighted by molar-refractivity contribution is -0.133. The smallest absolute Gasteiger partial charge is 0.236 e. The van der Waals surface area contributed by atoms with Crippen LogP contribution in [0.1, 0.15) is 56.0 Å². The molecule has 0 aliphatic carbocycles. The number of amides is 1. The van der Waals surface area contributed by atoms with Crippen molar-refractivity contribution in [3.63, 3.8) is 0 Å². The van der Waals surface area contributed by atoms with E-state index in [1.807, 2.05) is 18.7 Å². The predicted molar refractivity (Wildman–Crippen MR) is 119 cm³/mol. The number of nitrogens with one attached hydrogen (secondary N) is 1. The maximum absolute atomic E-state index is 12.6. The highest BCUT2D eigenvalue weighted by atomic mass is 16.5. The monoisotopic (exact) mass is 418 g/mol. The highest BCUT2D eigenvalue weighted by molar-refractivity contribution is 5.80. The maximum atomic E-state index is 12.6. The summed E-state index contributed by atoms with van der Waals surface area (Å²) >= 11 is 0. The Kier molecular flexibility index (Phi) is 8.13. The Morgan fingerprint density at radius 2 is 1.80 bits per heavy atom. The largest absolute Gasteiger partial charge is 0.361 e. The molecule has 2 fully saturated rings. The zero-order valence-electron chi connectivity index (χ0n) is 19.1. The van der Waals surface area contributed by atoms with Gasteiger partial charge in [-0.25, -0.2) is 0 Å². The number of aliphatic imine (C=N–C) groups is 1. The van der Waals surface area contributed by atoms with Crippen LogP contribution in [0.25, 0.3) is 0 Å². The molecule has 8 heteroatoms. The molecule has 1 amide bonds. The predicted octanol–water partition coefficient (Wildman–Crippen LogP) is 1.99. The average molecular weight is 419 g/mol. The third kappa shape index (κ3) is 5.74. The van der Waals surface area contributed by atoms with Gasteiger partial charge >= 0.3 is 0 Å². The molecule has 2 saturated heterocycles. The van der Waals surface area contributed by atoms with E-state index in [1.54, 1.807) is 0 Å². The summed E-state index contributed by atoms with van der Waals surface area (Å²) in [6, 6.07) is 0. The number of likely N-dealkylation sites (tertiary alicyclic amines) is 1. The summed E-state index contributed by atoms with van der Waals surface area (Å²) in [5.41, 5.74) is 2.11. The SMILES string of the molecule is CCNC(=NCC(C)c1c(C)noc1C)N1CCN(CC(=O)N2CCCCC2)CC1. The molecular formula is C22H38N6O2. The van der Waals surface area contributed by atoms with Gasteiger partial charge in [-0.1, -0.05) is 12.1 Å². The molecule has 3 heterocycles. The molecule has 0 radical (unpaired) electrons.